The number of nitrogens with one attached hydrogen (secondary N) is 3. The fourth-order valence-electron chi connectivity index (χ4n) is 3.12. The zero-order valence-corrected chi connectivity index (χ0v) is 10.8. The summed E-state index contributed by atoms with van der Waals surface area (Å²) in [6, 6.07) is -0.266. The van der Waals surface area contributed by atoms with E-state index in [0.717, 1.165) is 0 Å². The number of nitrogens with zero attached hydrogens (tertiary/aromatic N) is 1. The summed E-state index contributed by atoms with van der Waals surface area (Å²) in [7, 11) is 0. The van der Waals surface area contributed by atoms with Crippen LogP contribution in [0.5, 0.6) is 0 Å². The molecule has 3 aliphatic rings. The average Bonchev–Trinajstić information content (AvgIpc) is 2.98. The molecular formula is C10H21N5O5. The highest BCUT2D eigenvalue weighted by Crippen LogP contribution is 2.27. The van der Waals surface area contributed by atoms with Crippen molar-refractivity contribution in [1.82, 2.24) is 15.5 Å². The van der Waals surface area contributed by atoms with E-state index in [4.69, 9.17) is 15.6 Å². The monoisotopic (exact) mass is 291 g/mol. The molecule has 0 amide bonds. The molecule has 8 N–H and O–H groups in total. The van der Waals surface area contributed by atoms with Crippen molar-refractivity contribution >= 4 is 0 Å². The largest absolute Gasteiger partial charge is 0.632 e. The summed E-state index contributed by atoms with van der Waals surface area (Å²) in [5.74, 6) is 0. The highest BCUT2D eigenvalue weighted by Gasteiger charge is 2.52. The van der Waals surface area contributed by atoms with Gasteiger partial charge >= 0.3 is 0 Å². The number of hydrogen-bond acceptors (Lipinski definition) is 9. The Morgan fingerprint density at radius 2 is 2.10 bits per heavy atom. The molecule has 0 spiro atoms. The molecule has 0 aromatic heterocycles. The third-order valence-corrected chi connectivity index (χ3v) is 4.30. The molecule has 10 nitrogen and oxygen atoms in total. The van der Waals surface area contributed by atoms with E-state index in [9.17, 15) is 15.4 Å². The maximum atomic E-state index is 11.6. The number of ether oxygens (including phenoxy) is 1. The van der Waals surface area contributed by atoms with Gasteiger partial charge in [-0.25, -0.2) is 4.90 Å². The SMILES string of the molecule is NC1C2NCN([C@H]3O[C@H](CO)[C@@H](O)[C@H]3O)C2NC[NH+]1[O-]. The van der Waals surface area contributed by atoms with Crippen LogP contribution in [-0.4, -0.2) is 83.1 Å². The third-order valence-electron chi connectivity index (χ3n) is 4.30. The van der Waals surface area contributed by atoms with Crippen molar-refractivity contribution in [2.45, 2.75) is 42.9 Å². The van der Waals surface area contributed by atoms with Crippen LogP contribution in [0.2, 0.25) is 0 Å². The lowest BCUT2D eigenvalue weighted by molar-refractivity contribution is -0.886. The van der Waals surface area contributed by atoms with Gasteiger partial charge in [-0.1, -0.05) is 0 Å². The predicted octanol–water partition coefficient (Wildman–Crippen LogP) is -5.79. The molecule has 0 radical (unpaired) electrons. The van der Waals surface area contributed by atoms with E-state index >= 15 is 0 Å². The molecule has 0 bridgehead atoms. The molecule has 3 heterocycles. The van der Waals surface area contributed by atoms with Gasteiger partial charge in [0.05, 0.1) is 19.4 Å². The average molecular weight is 291 g/mol. The van der Waals surface area contributed by atoms with Gasteiger partial charge in [0.2, 0.25) is 0 Å². The van der Waals surface area contributed by atoms with Crippen LogP contribution in [0.4, 0.5) is 0 Å². The number of aliphatic hydroxyl groups is 3. The van der Waals surface area contributed by atoms with E-state index in [2.05, 4.69) is 10.6 Å². The Hall–Kier alpha value is -0.400. The number of aliphatic hydroxyl groups excluding tert-OH is 3. The molecule has 8 atom stereocenters. The van der Waals surface area contributed by atoms with Crippen LogP contribution in [0.1, 0.15) is 0 Å². The van der Waals surface area contributed by atoms with Crippen molar-refractivity contribution in [3.8, 4) is 0 Å². The van der Waals surface area contributed by atoms with E-state index < -0.39 is 30.7 Å². The van der Waals surface area contributed by atoms with Gasteiger partial charge in [0.15, 0.2) is 6.17 Å². The molecule has 4 unspecified atom stereocenters. The minimum absolute atomic E-state index is 0.0678. The standard InChI is InChI=1S/C10H21N5O5/c11-8-5-9(13-3-15(8)19)14(2-12-5)10-7(18)6(17)4(1-16)20-10/h4-10,12-13,15-18H,1-3,11H2/t4-,5?,6-,7-,8?,9?,10+/m1/s1. The highest BCUT2D eigenvalue weighted by molar-refractivity contribution is 4.99. The quantitative estimate of drug-likeness (QED) is 0.247. The molecule has 0 aromatic carbocycles. The molecule has 3 aliphatic heterocycles. The maximum absolute atomic E-state index is 11.6. The van der Waals surface area contributed by atoms with Gasteiger partial charge in [0.1, 0.15) is 37.3 Å². The normalized spacial score (nSPS) is 53.2. The first-order valence-electron chi connectivity index (χ1n) is 6.68. The summed E-state index contributed by atoms with van der Waals surface area (Å²) in [5, 5.41) is 46.6. The maximum Gasteiger partial charge on any atom is 0.158 e. The number of fused-ring (bicyclic) bond motifs is 1. The molecule has 116 valence electrons. The lowest BCUT2D eigenvalue weighted by Crippen LogP contribution is -3.19. The van der Waals surface area contributed by atoms with E-state index in [1.165, 1.54) is 0 Å². The Morgan fingerprint density at radius 1 is 1.35 bits per heavy atom. The second kappa shape index (κ2) is 5.42. The summed E-state index contributed by atoms with van der Waals surface area (Å²) in [4.78, 5) is 1.78. The van der Waals surface area contributed by atoms with Crippen molar-refractivity contribution in [1.29, 1.82) is 0 Å². The topological polar surface area (TPSA) is 151 Å². The van der Waals surface area contributed by atoms with E-state index in [1.54, 1.807) is 4.90 Å². The fraction of sp³-hybridized carbons (Fsp3) is 1.00. The Balaban J connectivity index is 1.73. The number of hydroxylamine groups is 2. The Kier molecular flexibility index (Phi) is 3.94. The highest BCUT2D eigenvalue weighted by atomic mass is 16.6. The Morgan fingerprint density at radius 3 is 2.75 bits per heavy atom. The molecular weight excluding hydrogens is 270 g/mol. The Bertz CT molecular complexity index is 363. The van der Waals surface area contributed by atoms with Crippen molar-refractivity contribution < 1.29 is 25.1 Å². The molecule has 3 saturated heterocycles. The lowest BCUT2D eigenvalue weighted by Gasteiger charge is -2.43. The summed E-state index contributed by atoms with van der Waals surface area (Å²) < 4.78 is 5.50. The molecule has 3 fully saturated rings. The third kappa shape index (κ3) is 2.14. The molecule has 20 heavy (non-hydrogen) atoms. The van der Waals surface area contributed by atoms with Crippen LogP contribution in [-0.2, 0) is 4.74 Å². The van der Waals surface area contributed by atoms with Gasteiger partial charge in [0, 0.05) is 0 Å². The molecule has 0 aromatic rings. The number of rotatable bonds is 2. The number of quaternary nitrogens is 1. The lowest BCUT2D eigenvalue weighted by atomic mass is 10.1. The van der Waals surface area contributed by atoms with Crippen molar-refractivity contribution in [2.75, 3.05) is 19.9 Å². The Labute approximate surface area is 115 Å². The van der Waals surface area contributed by atoms with Gasteiger partial charge in [-0.3, -0.25) is 16.4 Å². The van der Waals surface area contributed by atoms with Crippen LogP contribution >= 0.6 is 0 Å². The first kappa shape index (κ1) is 14.5. The first-order chi connectivity index (χ1) is 9.54. The van der Waals surface area contributed by atoms with Crippen LogP contribution in [0.15, 0.2) is 0 Å². The van der Waals surface area contributed by atoms with E-state index in [0.29, 0.717) is 6.67 Å². The summed E-state index contributed by atoms with van der Waals surface area (Å²) in [5.41, 5.74) is 5.87. The summed E-state index contributed by atoms with van der Waals surface area (Å²) >= 11 is 0. The second-order valence-corrected chi connectivity index (χ2v) is 5.45. The van der Waals surface area contributed by atoms with E-state index in [1.807, 2.05) is 0 Å². The summed E-state index contributed by atoms with van der Waals surface area (Å²) in [6.07, 6.45) is -4.69. The van der Waals surface area contributed by atoms with Crippen LogP contribution in [0.25, 0.3) is 0 Å². The molecule has 3 rings (SSSR count). The van der Waals surface area contributed by atoms with Gasteiger partial charge in [-0.05, 0) is 0 Å². The van der Waals surface area contributed by atoms with Crippen molar-refractivity contribution in [3.05, 3.63) is 5.21 Å². The minimum atomic E-state index is -1.14. The van der Waals surface area contributed by atoms with Crippen LogP contribution in [0.3, 0.4) is 0 Å². The summed E-state index contributed by atoms with van der Waals surface area (Å²) in [6.45, 7) is 0.167. The predicted molar refractivity (Wildman–Crippen MR) is 65.5 cm³/mol. The zero-order valence-electron chi connectivity index (χ0n) is 10.8. The van der Waals surface area contributed by atoms with Crippen molar-refractivity contribution in [3.63, 3.8) is 0 Å². The van der Waals surface area contributed by atoms with Gasteiger partial charge in [-0.15, -0.1) is 0 Å². The number of nitrogens with two attached hydrogens (primary N) is 1. The zero-order chi connectivity index (χ0) is 14.4. The van der Waals surface area contributed by atoms with E-state index in [-0.39, 0.29) is 30.5 Å². The van der Waals surface area contributed by atoms with Gasteiger partial charge in [0.25, 0.3) is 0 Å². The van der Waals surface area contributed by atoms with Crippen LogP contribution in [0, 0.1) is 5.21 Å². The van der Waals surface area contributed by atoms with Crippen LogP contribution < -0.4 is 21.4 Å². The second-order valence-electron chi connectivity index (χ2n) is 5.45. The van der Waals surface area contributed by atoms with Gasteiger partial charge in [-0.2, -0.15) is 0 Å². The smallest absolute Gasteiger partial charge is 0.158 e. The molecule has 0 aliphatic carbocycles. The fourth-order valence-corrected chi connectivity index (χ4v) is 3.12. The van der Waals surface area contributed by atoms with Gasteiger partial charge < -0.3 is 30.3 Å². The van der Waals surface area contributed by atoms with Crippen molar-refractivity contribution in [2.24, 2.45) is 5.73 Å². The minimum Gasteiger partial charge on any atom is -0.632 e. The molecule has 10 heteroatoms. The first-order valence-corrected chi connectivity index (χ1v) is 6.68. The molecule has 0 saturated carbocycles. The number of hydrogen-bond donors (Lipinski definition) is 7.